The molecule has 5 heteroatoms. The largest absolute Gasteiger partial charge is 0.344 e. The quantitative estimate of drug-likeness (QED) is 0.0677. The number of halogens is 1. The van der Waals surface area contributed by atoms with Gasteiger partial charge in [0.2, 0.25) is 0 Å². The van der Waals surface area contributed by atoms with E-state index in [0.717, 1.165) is 49.6 Å². The zero-order chi connectivity index (χ0) is 60.3. The van der Waals surface area contributed by atoms with Crippen LogP contribution in [0.2, 0.25) is 0 Å². The summed E-state index contributed by atoms with van der Waals surface area (Å²) in [5.41, 5.74) is 20.6. The van der Waals surface area contributed by atoms with Gasteiger partial charge in [-0.15, -0.1) is 0 Å². The number of hydrogen-bond donors (Lipinski definition) is 0. The summed E-state index contributed by atoms with van der Waals surface area (Å²) in [6.07, 6.45) is 12.2. The van der Waals surface area contributed by atoms with Gasteiger partial charge in [0.25, 0.3) is 0 Å². The van der Waals surface area contributed by atoms with Gasteiger partial charge in [-0.05, 0) is 176 Å². The molecule has 0 aliphatic rings. The van der Waals surface area contributed by atoms with E-state index in [4.69, 9.17) is 0 Å². The zero-order valence-electron chi connectivity index (χ0n) is 49.6. The van der Waals surface area contributed by atoms with Gasteiger partial charge in [0.15, 0.2) is 0 Å². The first-order chi connectivity index (χ1) is 43.8. The van der Waals surface area contributed by atoms with E-state index < -0.39 is 0 Å². The second-order valence-corrected chi connectivity index (χ2v) is 23.7. The van der Waals surface area contributed by atoms with Gasteiger partial charge in [0.1, 0.15) is 0 Å². The Labute approximate surface area is 526 Å². The highest BCUT2D eigenvalue weighted by Gasteiger charge is 2.20. The predicted molar refractivity (Wildman–Crippen MR) is 390 cm³/mol. The molecule has 0 radical (unpaired) electrons. The average Bonchev–Trinajstić information content (AvgIpc) is 1.80. The Morgan fingerprint density at radius 2 is 1.00 bits per heavy atom. The molecule has 0 amide bonds. The molecule has 16 aromatic rings. The molecule has 0 saturated heterocycles. The molecule has 0 bridgehead atoms. The molecule has 0 spiro atoms. The van der Waals surface area contributed by atoms with Crippen molar-refractivity contribution in [2.45, 2.75) is 6.92 Å². The topological polar surface area (TPSA) is 18.0 Å². The third-order valence-electron chi connectivity index (χ3n) is 17.7. The van der Waals surface area contributed by atoms with Gasteiger partial charge in [-0.25, -0.2) is 0 Å². The van der Waals surface area contributed by atoms with Crippen molar-refractivity contribution in [2.24, 2.45) is 0 Å². The first-order valence-corrected chi connectivity index (χ1v) is 31.0. The summed E-state index contributed by atoms with van der Waals surface area (Å²) in [4.78, 5) is 2.24. The summed E-state index contributed by atoms with van der Waals surface area (Å²) >= 11 is 3.94. The van der Waals surface area contributed by atoms with E-state index in [1.807, 2.05) is 31.2 Å². The van der Waals surface area contributed by atoms with E-state index in [0.29, 0.717) is 0 Å². The molecule has 0 fully saturated rings. The molecule has 4 nitrogen and oxygen atoms in total. The molecule has 16 rings (SSSR count). The Kier molecular flexibility index (Phi) is 13.9. The number of rotatable bonds is 12. The van der Waals surface area contributed by atoms with Crippen molar-refractivity contribution in [3.63, 3.8) is 0 Å². The molecule has 0 atom stereocenters. The minimum Gasteiger partial charge on any atom is -0.344 e. The number of para-hydroxylation sites is 5. The average molecular weight is 1210 g/mol. The highest BCUT2D eigenvalue weighted by molar-refractivity contribution is 9.10. The van der Waals surface area contributed by atoms with Gasteiger partial charge in [-0.3, -0.25) is 0 Å². The van der Waals surface area contributed by atoms with E-state index in [2.05, 4.69) is 328 Å². The highest BCUT2D eigenvalue weighted by Crippen LogP contribution is 2.43. The van der Waals surface area contributed by atoms with E-state index in [9.17, 15) is 0 Å². The Balaban J connectivity index is 0.000000318. The maximum atomic E-state index is 4.05. The van der Waals surface area contributed by atoms with Crippen molar-refractivity contribution < 1.29 is 0 Å². The van der Waals surface area contributed by atoms with Crippen LogP contribution in [0.1, 0.15) is 29.3 Å². The lowest BCUT2D eigenvalue weighted by atomic mass is 9.93. The Bertz CT molecular complexity index is 5520. The van der Waals surface area contributed by atoms with Crippen molar-refractivity contribution in [3.05, 3.63) is 320 Å². The summed E-state index contributed by atoms with van der Waals surface area (Å²) in [7, 11) is 2.12. The number of benzene rings is 13. The molecule has 3 aromatic heterocycles. The van der Waals surface area contributed by atoms with Gasteiger partial charge >= 0.3 is 0 Å². The molecule has 13 aromatic carbocycles. The second kappa shape index (κ2) is 22.7. The lowest BCUT2D eigenvalue weighted by Crippen LogP contribution is -2.10. The number of fused-ring (bicyclic) bond motifs is 7. The number of aromatic nitrogens is 3. The van der Waals surface area contributed by atoms with Gasteiger partial charge in [-0.1, -0.05) is 224 Å². The van der Waals surface area contributed by atoms with Gasteiger partial charge in [-0.2, -0.15) is 0 Å². The SMILES string of the molecule is C=CC(=C)n1c(C=C)c(/C=C\C)c2ccccc21.CN(c1ccccc1)c1ccccc1/C=C/c1ccc(-n2c3ccccc3c3cc(-c4cc(Br)cc(-c5ccc6c(c5)c5ccccc5n6-c5ccc6ccc7cccc8ccc5c6c78)c4)ccc32)cc1. The van der Waals surface area contributed by atoms with Crippen LogP contribution in [0.5, 0.6) is 0 Å². The number of allylic oxidation sites excluding steroid dienone is 3. The number of hydrogen-bond acceptors (Lipinski definition) is 1. The van der Waals surface area contributed by atoms with E-state index >= 15 is 0 Å². The zero-order valence-corrected chi connectivity index (χ0v) is 51.2. The molecule has 0 aliphatic carbocycles. The fourth-order valence-electron chi connectivity index (χ4n) is 13.6. The summed E-state index contributed by atoms with van der Waals surface area (Å²) in [5, 5.41) is 13.9. The molecule has 0 N–H and O–H groups in total. The Morgan fingerprint density at radius 3 is 1.66 bits per heavy atom. The first kappa shape index (κ1) is 54.7. The minimum atomic E-state index is 0.858. The lowest BCUT2D eigenvalue weighted by molar-refractivity contribution is 1.16. The van der Waals surface area contributed by atoms with Crippen LogP contribution >= 0.6 is 15.9 Å². The molecular formula is C84H61BrN4. The van der Waals surface area contributed by atoms with Crippen LogP contribution in [-0.2, 0) is 0 Å². The van der Waals surface area contributed by atoms with Crippen LogP contribution in [0.3, 0.4) is 0 Å². The monoisotopic (exact) mass is 1200 g/mol. The van der Waals surface area contributed by atoms with Crippen LogP contribution in [0, 0.1) is 0 Å². The maximum Gasteiger partial charge on any atom is 0.0541 e. The fourth-order valence-corrected chi connectivity index (χ4v) is 14.0. The summed E-state index contributed by atoms with van der Waals surface area (Å²) in [6, 6.07) is 95.0. The Morgan fingerprint density at radius 1 is 0.438 bits per heavy atom. The third-order valence-corrected chi connectivity index (χ3v) is 18.2. The molecule has 424 valence electrons. The minimum absolute atomic E-state index is 0.858. The van der Waals surface area contributed by atoms with Crippen LogP contribution in [-0.4, -0.2) is 20.7 Å². The van der Waals surface area contributed by atoms with Crippen molar-refractivity contribution in [2.75, 3.05) is 11.9 Å². The first-order valence-electron chi connectivity index (χ1n) is 30.2. The van der Waals surface area contributed by atoms with Crippen molar-refractivity contribution >= 4 is 144 Å². The maximum absolute atomic E-state index is 4.05. The second-order valence-electron chi connectivity index (χ2n) is 22.8. The van der Waals surface area contributed by atoms with Crippen LogP contribution in [0.4, 0.5) is 11.4 Å². The van der Waals surface area contributed by atoms with Gasteiger partial charge < -0.3 is 18.6 Å². The van der Waals surface area contributed by atoms with Crippen LogP contribution in [0.25, 0.3) is 150 Å². The molecule has 0 saturated carbocycles. The molecule has 89 heavy (non-hydrogen) atoms. The van der Waals surface area contributed by atoms with E-state index in [1.54, 1.807) is 6.08 Å². The summed E-state index contributed by atoms with van der Waals surface area (Å²) in [6.45, 7) is 13.8. The fraction of sp³-hybridized carbons (Fsp3) is 0.0238. The Hall–Kier alpha value is -11.0. The third kappa shape index (κ3) is 9.46. The van der Waals surface area contributed by atoms with Gasteiger partial charge in [0.05, 0.1) is 39.0 Å². The molecular weight excluding hydrogens is 1140 g/mol. The number of anilines is 2. The van der Waals surface area contributed by atoms with Crippen molar-refractivity contribution in [1.29, 1.82) is 0 Å². The number of nitrogens with zero attached hydrogens (tertiary/aromatic N) is 4. The van der Waals surface area contributed by atoms with Crippen LogP contribution < -0.4 is 4.90 Å². The van der Waals surface area contributed by atoms with E-state index in [-0.39, 0.29) is 0 Å². The normalized spacial score (nSPS) is 11.8. The summed E-state index contributed by atoms with van der Waals surface area (Å²) < 4.78 is 8.00. The predicted octanol–water partition coefficient (Wildman–Crippen LogP) is 23.8. The lowest BCUT2D eigenvalue weighted by Gasteiger charge is -2.21. The van der Waals surface area contributed by atoms with Crippen molar-refractivity contribution in [3.8, 4) is 33.6 Å². The van der Waals surface area contributed by atoms with Gasteiger partial charge in [0, 0.05) is 72.2 Å². The van der Waals surface area contributed by atoms with Crippen LogP contribution in [0.15, 0.2) is 297 Å². The molecule has 0 aliphatic heterocycles. The van der Waals surface area contributed by atoms with E-state index in [1.165, 1.54) is 115 Å². The standard InChI is InChI=1S/C67H44BrN3.C17H17N/c1-69(53-15-3-2-4-16-53)60-19-8-5-12-44(60)25-22-43-23-32-54(33-24-43)70-61-20-9-6-17-55(61)58-41-48(30-36-64(58)70)50-38-51(40-52(68)39-50)49-31-37-65-59(42-49)56-18-7-10-21-62(56)71(65)63-35-29-47-27-26-45-13-11-14-46-28-34-57(63)67(47)66(45)46;1-5-10-14-15-11-8-9-12-17(15)18(13(4)6-2)16(14)7-3/h2-42H,1H3;5-12H,2-4H2,1H3/b25-22+;10-5-. The molecule has 3 heterocycles. The highest BCUT2D eigenvalue weighted by atomic mass is 79.9. The van der Waals surface area contributed by atoms with Crippen molar-refractivity contribution in [1.82, 2.24) is 13.7 Å². The summed E-state index contributed by atoms with van der Waals surface area (Å²) in [5.74, 6) is 0. The molecule has 0 unspecified atom stereocenters. The smallest absolute Gasteiger partial charge is 0.0541 e.